The van der Waals surface area contributed by atoms with Gasteiger partial charge < -0.3 is 0 Å². The van der Waals surface area contributed by atoms with Crippen LogP contribution in [0.15, 0.2) is 109 Å². The van der Waals surface area contributed by atoms with Crippen molar-refractivity contribution in [3.05, 3.63) is 126 Å². The number of anilines is 2. The van der Waals surface area contributed by atoms with Gasteiger partial charge in [0.15, 0.2) is 0 Å². The van der Waals surface area contributed by atoms with Gasteiger partial charge in [0.25, 0.3) is 0 Å². The Morgan fingerprint density at radius 2 is 1.41 bits per heavy atom. The second kappa shape index (κ2) is 10.2. The predicted molar refractivity (Wildman–Crippen MR) is 153 cm³/mol. The molecule has 2 aliphatic rings. The van der Waals surface area contributed by atoms with Gasteiger partial charge in [0.2, 0.25) is 0 Å². The topological polar surface area (TPSA) is 58.2 Å². The van der Waals surface area contributed by atoms with E-state index in [2.05, 4.69) is 114 Å². The van der Waals surface area contributed by atoms with Gasteiger partial charge in [-0.2, -0.15) is 0 Å². The first-order valence-corrected chi connectivity index (χ1v) is 16.9. The Morgan fingerprint density at radius 1 is 0.757 bits per heavy atom. The van der Waals surface area contributed by atoms with Gasteiger partial charge in [-0.05, 0) is 0 Å². The van der Waals surface area contributed by atoms with Crippen LogP contribution in [-0.2, 0) is 9.59 Å². The first-order chi connectivity index (χ1) is 18.3. The van der Waals surface area contributed by atoms with Crippen molar-refractivity contribution in [2.24, 2.45) is 0 Å². The molecule has 0 saturated heterocycles. The van der Waals surface area contributed by atoms with E-state index in [0.29, 0.717) is 24.2 Å². The molecule has 4 aromatic carbocycles. The van der Waals surface area contributed by atoms with E-state index >= 15 is 0 Å². The molecule has 0 heterocycles. The molecule has 4 aromatic rings. The second-order valence-electron chi connectivity index (χ2n) is 9.15. The summed E-state index contributed by atoms with van der Waals surface area (Å²) in [5.74, 6) is 0. The van der Waals surface area contributed by atoms with E-state index in [-0.39, 0.29) is 3.93 Å². The molecule has 2 amide bonds. The molecule has 1 radical (unpaired) electrons. The van der Waals surface area contributed by atoms with Gasteiger partial charge >= 0.3 is 224 Å². The Labute approximate surface area is 223 Å². The average molecular weight is 588 g/mol. The van der Waals surface area contributed by atoms with Gasteiger partial charge in [-0.15, -0.1) is 0 Å². The van der Waals surface area contributed by atoms with Crippen molar-refractivity contribution in [1.29, 1.82) is 0 Å². The minimum atomic E-state index is -2.67. The Kier molecular flexibility index (Phi) is 6.49. The van der Waals surface area contributed by atoms with Gasteiger partial charge in [0.05, 0.1) is 0 Å². The average Bonchev–Trinajstić information content (AvgIpc) is 3.58. The molecule has 5 heteroatoms. The number of hydrogen-bond acceptors (Lipinski definition) is 2. The number of benzene rings is 4. The van der Waals surface area contributed by atoms with E-state index in [9.17, 15) is 9.59 Å². The van der Waals surface area contributed by atoms with E-state index in [1.807, 2.05) is 6.07 Å². The third-order valence-electron chi connectivity index (χ3n) is 7.19. The zero-order valence-electron chi connectivity index (χ0n) is 20.1. The first kappa shape index (κ1) is 23.5. The van der Waals surface area contributed by atoms with Crippen LogP contribution in [0.3, 0.4) is 0 Å². The van der Waals surface area contributed by atoms with Crippen molar-refractivity contribution in [3.63, 3.8) is 0 Å². The SMILES string of the molecule is O=CNc1cc2c(c(C3=CC=CC3)c1NC=O)[CH]([Sn]([c]1ccccc1)[c]1ccccc1)c1ccccc1-2. The number of nitrogens with one attached hydrogen (secondary N) is 2. The molecule has 0 bridgehead atoms. The molecule has 0 fully saturated rings. The number of hydrogen-bond donors (Lipinski definition) is 2. The van der Waals surface area contributed by atoms with Gasteiger partial charge in [0, 0.05) is 0 Å². The van der Waals surface area contributed by atoms with Crippen LogP contribution in [0.5, 0.6) is 0 Å². The maximum atomic E-state index is 11.8. The molecule has 1 unspecified atom stereocenters. The van der Waals surface area contributed by atoms with Crippen molar-refractivity contribution < 1.29 is 9.59 Å². The summed E-state index contributed by atoms with van der Waals surface area (Å²) >= 11 is -2.67. The van der Waals surface area contributed by atoms with E-state index in [0.717, 1.165) is 23.1 Å². The van der Waals surface area contributed by atoms with Crippen LogP contribution in [0, 0.1) is 0 Å². The number of carbonyl (C=O) groups is 2. The van der Waals surface area contributed by atoms with E-state index in [1.165, 1.54) is 23.8 Å². The molecule has 0 saturated carbocycles. The number of amides is 2. The fourth-order valence-corrected chi connectivity index (χ4v) is 15.0. The number of fused-ring (bicyclic) bond motifs is 3. The summed E-state index contributed by atoms with van der Waals surface area (Å²) in [7, 11) is 0. The molecular formula is C32H25N2O2Sn. The summed E-state index contributed by atoms with van der Waals surface area (Å²) < 4.78 is 3.05. The van der Waals surface area contributed by atoms with Crippen molar-refractivity contribution in [1.82, 2.24) is 0 Å². The summed E-state index contributed by atoms with van der Waals surface area (Å²) in [5, 5.41) is 5.81. The number of rotatable bonds is 8. The van der Waals surface area contributed by atoms with Crippen LogP contribution < -0.4 is 17.8 Å². The summed E-state index contributed by atoms with van der Waals surface area (Å²) in [6.45, 7) is 0. The van der Waals surface area contributed by atoms with Gasteiger partial charge in [0.1, 0.15) is 0 Å². The summed E-state index contributed by atoms with van der Waals surface area (Å²) in [5.41, 5.74) is 8.39. The summed E-state index contributed by atoms with van der Waals surface area (Å²) in [6, 6.07) is 32.5. The molecule has 4 nitrogen and oxygen atoms in total. The van der Waals surface area contributed by atoms with E-state index in [1.54, 1.807) is 0 Å². The standard InChI is InChI=1S/C20H15N2O2.2C6H5.Sn/c23-11-21-18-10-16-15-8-4-3-7-14(15)9-17(16)19(20(18)22-12-24)13-5-1-2-6-13;2*1-2-4-6-5-3-1;/h1-5,7-12H,6H2,(H,21,23)(H,22,24);2*1-5H;. The molecule has 1 atom stereocenters. The molecule has 0 aliphatic heterocycles. The molecule has 6 rings (SSSR count). The molecule has 179 valence electrons. The summed E-state index contributed by atoms with van der Waals surface area (Å²) in [4.78, 5) is 23.4. The van der Waals surface area contributed by atoms with E-state index in [4.69, 9.17) is 0 Å². The third-order valence-corrected chi connectivity index (χ3v) is 16.0. The molecule has 0 spiro atoms. The van der Waals surface area contributed by atoms with E-state index < -0.39 is 19.8 Å². The molecule has 2 aliphatic carbocycles. The molecular weight excluding hydrogens is 563 g/mol. The van der Waals surface area contributed by atoms with Crippen molar-refractivity contribution in [2.45, 2.75) is 10.4 Å². The Hall–Kier alpha value is -3.90. The zero-order chi connectivity index (χ0) is 25.2. The van der Waals surface area contributed by atoms with Gasteiger partial charge in [-0.25, -0.2) is 0 Å². The van der Waals surface area contributed by atoms with Crippen LogP contribution >= 0.6 is 0 Å². The summed E-state index contributed by atoms with van der Waals surface area (Å²) in [6.07, 6.45) is 8.49. The van der Waals surface area contributed by atoms with Crippen LogP contribution in [0.1, 0.15) is 27.0 Å². The minimum absolute atomic E-state index is 0.201. The van der Waals surface area contributed by atoms with Gasteiger partial charge in [-0.1, -0.05) is 0 Å². The third kappa shape index (κ3) is 4.11. The Morgan fingerprint density at radius 3 is 2.03 bits per heavy atom. The van der Waals surface area contributed by atoms with Crippen molar-refractivity contribution >= 4 is 56.7 Å². The van der Waals surface area contributed by atoms with Gasteiger partial charge in [-0.3, -0.25) is 0 Å². The van der Waals surface area contributed by atoms with Crippen LogP contribution in [0.2, 0.25) is 0 Å². The molecule has 0 aromatic heterocycles. The number of allylic oxidation sites excluding steroid dienone is 4. The van der Waals surface area contributed by atoms with Crippen LogP contribution in [0.25, 0.3) is 16.7 Å². The monoisotopic (exact) mass is 589 g/mol. The van der Waals surface area contributed by atoms with Crippen LogP contribution in [-0.4, -0.2) is 32.6 Å². The molecule has 2 N–H and O–H groups in total. The number of carbonyl (C=O) groups excluding carboxylic acids is 2. The first-order valence-electron chi connectivity index (χ1n) is 12.4. The quantitative estimate of drug-likeness (QED) is 0.222. The zero-order valence-corrected chi connectivity index (χ0v) is 23.0. The fourth-order valence-electron chi connectivity index (χ4n) is 5.76. The predicted octanol–water partition coefficient (Wildman–Crippen LogP) is 5.13. The molecule has 37 heavy (non-hydrogen) atoms. The second-order valence-corrected chi connectivity index (χ2v) is 16.5. The van der Waals surface area contributed by atoms with Crippen molar-refractivity contribution in [3.8, 4) is 11.1 Å². The fraction of sp³-hybridized carbons (Fsp3) is 0.0625. The maximum absolute atomic E-state index is 11.8. The normalized spacial score (nSPS) is 15.2. The Bertz CT molecular complexity index is 1500. The Balaban J connectivity index is 1.71. The van der Waals surface area contributed by atoms with Crippen LogP contribution in [0.4, 0.5) is 11.4 Å². The van der Waals surface area contributed by atoms with Crippen molar-refractivity contribution in [2.75, 3.05) is 10.6 Å².